The van der Waals surface area contributed by atoms with E-state index in [4.69, 9.17) is 23.2 Å². The van der Waals surface area contributed by atoms with Crippen LogP contribution < -0.4 is 0 Å². The Hall–Kier alpha value is 0.250. The first-order chi connectivity index (χ1) is 4.87. The third-order valence-corrected chi connectivity index (χ3v) is 1.98. The van der Waals surface area contributed by atoms with Gasteiger partial charge >= 0.3 is 0 Å². The molecule has 0 fully saturated rings. The van der Waals surface area contributed by atoms with Crippen molar-refractivity contribution in [3.8, 4) is 0 Å². The Morgan fingerprint density at radius 2 is 2.00 bits per heavy atom. The quantitative estimate of drug-likeness (QED) is 0.632. The van der Waals surface area contributed by atoms with E-state index in [0.717, 1.165) is 6.42 Å². The average molecular weight is 197 g/mol. The molecule has 0 saturated heterocycles. The van der Waals surface area contributed by atoms with Crippen LogP contribution in [0.25, 0.3) is 0 Å². The Bertz CT molecular complexity index is 138. The number of hydrogen-bond donors (Lipinski definition) is 0. The Morgan fingerprint density at radius 3 is 2.09 bits per heavy atom. The molecule has 0 bridgehead atoms. The smallest absolute Gasteiger partial charge is 0.133 e. The summed E-state index contributed by atoms with van der Waals surface area (Å²) < 4.78 is -0.771. The fourth-order valence-corrected chi connectivity index (χ4v) is 1.38. The van der Waals surface area contributed by atoms with Gasteiger partial charge in [0, 0.05) is 5.92 Å². The Kier molecular flexibility index (Phi) is 4.42. The summed E-state index contributed by atoms with van der Waals surface area (Å²) in [4.78, 5) is 10.9. The minimum absolute atomic E-state index is 0.00926. The van der Waals surface area contributed by atoms with Crippen LogP contribution in [-0.4, -0.2) is 10.1 Å². The van der Waals surface area contributed by atoms with Gasteiger partial charge in [-0.15, -0.1) is 23.2 Å². The summed E-state index contributed by atoms with van der Waals surface area (Å²) in [6.07, 6.45) is 1.35. The van der Waals surface area contributed by atoms with Crippen molar-refractivity contribution in [3.05, 3.63) is 0 Å². The fourth-order valence-electron chi connectivity index (χ4n) is 1.01. The predicted octanol–water partition coefficient (Wildman–Crippen LogP) is 3.19. The van der Waals surface area contributed by atoms with Gasteiger partial charge in [0.25, 0.3) is 0 Å². The molecule has 0 saturated carbocycles. The first-order valence-corrected chi connectivity index (χ1v) is 4.50. The zero-order valence-electron chi connectivity index (χ0n) is 7.16. The van der Waals surface area contributed by atoms with Crippen LogP contribution in [0.5, 0.6) is 0 Å². The molecule has 11 heavy (non-hydrogen) atoms. The SMILES string of the molecule is CCC(CC(C)(Cl)Cl)C(C)=O. The molecular formula is C8H14Cl2O. The van der Waals surface area contributed by atoms with Crippen molar-refractivity contribution in [2.75, 3.05) is 0 Å². The Balaban J connectivity index is 3.99. The van der Waals surface area contributed by atoms with E-state index >= 15 is 0 Å². The van der Waals surface area contributed by atoms with Gasteiger partial charge in [-0.05, 0) is 26.7 Å². The summed E-state index contributed by atoms with van der Waals surface area (Å²) in [7, 11) is 0. The molecule has 0 spiro atoms. The number of carbonyl (C=O) groups is 1. The van der Waals surface area contributed by atoms with Crippen molar-refractivity contribution in [3.63, 3.8) is 0 Å². The van der Waals surface area contributed by atoms with E-state index in [-0.39, 0.29) is 11.7 Å². The van der Waals surface area contributed by atoms with Crippen LogP contribution in [0.2, 0.25) is 0 Å². The molecule has 0 heterocycles. The topological polar surface area (TPSA) is 17.1 Å². The predicted molar refractivity (Wildman–Crippen MR) is 49.2 cm³/mol. The maximum atomic E-state index is 10.9. The van der Waals surface area contributed by atoms with Crippen LogP contribution in [-0.2, 0) is 4.79 Å². The summed E-state index contributed by atoms with van der Waals surface area (Å²) in [5.74, 6) is 0.176. The van der Waals surface area contributed by atoms with Crippen molar-refractivity contribution < 1.29 is 4.79 Å². The van der Waals surface area contributed by atoms with E-state index in [9.17, 15) is 4.79 Å². The molecule has 66 valence electrons. The molecule has 0 rings (SSSR count). The van der Waals surface area contributed by atoms with Crippen molar-refractivity contribution in [2.24, 2.45) is 5.92 Å². The normalized spacial score (nSPS) is 14.6. The zero-order valence-corrected chi connectivity index (χ0v) is 8.67. The lowest BCUT2D eigenvalue weighted by atomic mass is 9.96. The van der Waals surface area contributed by atoms with Crippen LogP contribution >= 0.6 is 23.2 Å². The van der Waals surface area contributed by atoms with Crippen molar-refractivity contribution in [2.45, 2.75) is 37.9 Å². The molecule has 1 nitrogen and oxygen atoms in total. The van der Waals surface area contributed by atoms with Gasteiger partial charge in [0.15, 0.2) is 0 Å². The maximum absolute atomic E-state index is 10.9. The van der Waals surface area contributed by atoms with E-state index in [1.165, 1.54) is 0 Å². The van der Waals surface area contributed by atoms with Gasteiger partial charge in [0.05, 0.1) is 0 Å². The number of carbonyl (C=O) groups excluding carboxylic acids is 1. The third kappa shape index (κ3) is 5.51. The molecule has 0 aromatic rings. The molecule has 3 heteroatoms. The third-order valence-electron chi connectivity index (χ3n) is 1.67. The number of hydrogen-bond acceptors (Lipinski definition) is 1. The molecular weight excluding hydrogens is 183 g/mol. The van der Waals surface area contributed by atoms with Crippen molar-refractivity contribution >= 4 is 29.0 Å². The first kappa shape index (κ1) is 11.2. The largest absolute Gasteiger partial charge is 0.300 e. The molecule has 0 aromatic carbocycles. The number of ketones is 1. The number of alkyl halides is 2. The monoisotopic (exact) mass is 196 g/mol. The van der Waals surface area contributed by atoms with E-state index in [1.807, 2.05) is 6.92 Å². The van der Waals surface area contributed by atoms with Crippen LogP contribution in [0, 0.1) is 5.92 Å². The summed E-state index contributed by atoms with van der Waals surface area (Å²) in [6, 6.07) is 0. The second kappa shape index (κ2) is 4.32. The summed E-state index contributed by atoms with van der Waals surface area (Å²) in [6.45, 7) is 5.25. The van der Waals surface area contributed by atoms with Gasteiger partial charge in [-0.25, -0.2) is 0 Å². The Morgan fingerprint density at radius 1 is 1.55 bits per heavy atom. The van der Waals surface area contributed by atoms with Crippen LogP contribution in [0.15, 0.2) is 0 Å². The van der Waals surface area contributed by atoms with Crippen molar-refractivity contribution in [1.29, 1.82) is 0 Å². The minimum atomic E-state index is -0.771. The van der Waals surface area contributed by atoms with Crippen molar-refractivity contribution in [1.82, 2.24) is 0 Å². The standard InChI is InChI=1S/C8H14Cl2O/c1-4-7(6(2)11)5-8(3,9)10/h7H,4-5H2,1-3H3. The van der Waals surface area contributed by atoms with Crippen LogP contribution in [0.4, 0.5) is 0 Å². The lowest BCUT2D eigenvalue weighted by Crippen LogP contribution is -2.19. The molecule has 0 aliphatic rings. The van der Waals surface area contributed by atoms with Gasteiger partial charge in [0.2, 0.25) is 0 Å². The molecule has 0 aromatic heterocycles. The molecule has 0 aliphatic carbocycles. The van der Waals surface area contributed by atoms with Crippen LogP contribution in [0.1, 0.15) is 33.6 Å². The molecule has 1 unspecified atom stereocenters. The van der Waals surface area contributed by atoms with Gasteiger partial charge < -0.3 is 0 Å². The molecule has 0 radical (unpaired) electrons. The number of halogens is 2. The van der Waals surface area contributed by atoms with Crippen LogP contribution in [0.3, 0.4) is 0 Å². The number of rotatable bonds is 4. The van der Waals surface area contributed by atoms with Gasteiger partial charge in [0.1, 0.15) is 10.1 Å². The first-order valence-electron chi connectivity index (χ1n) is 3.75. The second-order valence-corrected chi connectivity index (χ2v) is 4.85. The maximum Gasteiger partial charge on any atom is 0.133 e. The average Bonchev–Trinajstić information content (AvgIpc) is 1.80. The zero-order chi connectivity index (χ0) is 9.07. The van der Waals surface area contributed by atoms with Gasteiger partial charge in [-0.3, -0.25) is 4.79 Å². The minimum Gasteiger partial charge on any atom is -0.300 e. The number of Topliss-reactive ketones (excluding diaryl/α,β-unsaturated/α-hetero) is 1. The van der Waals surface area contributed by atoms with Gasteiger partial charge in [-0.1, -0.05) is 6.92 Å². The van der Waals surface area contributed by atoms with Gasteiger partial charge in [-0.2, -0.15) is 0 Å². The fraction of sp³-hybridized carbons (Fsp3) is 0.875. The molecule has 1 atom stereocenters. The van der Waals surface area contributed by atoms with E-state index in [1.54, 1.807) is 13.8 Å². The summed E-state index contributed by atoms with van der Waals surface area (Å²) in [5.41, 5.74) is 0. The van der Waals surface area contributed by atoms with E-state index in [2.05, 4.69) is 0 Å². The summed E-state index contributed by atoms with van der Waals surface area (Å²) >= 11 is 11.5. The molecule has 0 N–H and O–H groups in total. The molecule has 0 aliphatic heterocycles. The highest BCUT2D eigenvalue weighted by Crippen LogP contribution is 2.29. The summed E-state index contributed by atoms with van der Waals surface area (Å²) in [5, 5.41) is 0. The highest BCUT2D eigenvalue weighted by atomic mass is 35.5. The highest BCUT2D eigenvalue weighted by molar-refractivity contribution is 6.48. The second-order valence-electron chi connectivity index (χ2n) is 2.99. The Labute approximate surface area is 78.1 Å². The van der Waals surface area contributed by atoms with E-state index < -0.39 is 4.33 Å². The van der Waals surface area contributed by atoms with E-state index in [0.29, 0.717) is 6.42 Å². The molecule has 0 amide bonds. The highest BCUT2D eigenvalue weighted by Gasteiger charge is 2.24. The lowest BCUT2D eigenvalue weighted by Gasteiger charge is -2.18. The lowest BCUT2D eigenvalue weighted by molar-refractivity contribution is -0.121.